The lowest BCUT2D eigenvalue weighted by Crippen LogP contribution is -2.59. The van der Waals surface area contributed by atoms with Crippen LogP contribution in [-0.4, -0.2) is 70.0 Å². The van der Waals surface area contributed by atoms with Crippen LogP contribution >= 0.6 is 11.8 Å². The molecule has 7 N–H and O–H groups in total. The molecule has 0 aliphatic heterocycles. The molecule has 1 aromatic carbocycles. The molecule has 11 heteroatoms. The number of H-pyrrole nitrogens is 1. The average molecular weight is 548 g/mol. The van der Waals surface area contributed by atoms with E-state index >= 15 is 0 Å². The van der Waals surface area contributed by atoms with Crippen LogP contribution in [0.1, 0.15) is 46.1 Å². The van der Waals surface area contributed by atoms with Gasteiger partial charge in [-0.25, -0.2) is 4.79 Å². The molecule has 2 rings (SSSR count). The first kappa shape index (κ1) is 31.2. The van der Waals surface area contributed by atoms with E-state index in [1.165, 1.54) is 11.8 Å². The molecule has 1 heterocycles. The zero-order valence-corrected chi connectivity index (χ0v) is 23.6. The van der Waals surface area contributed by atoms with Crippen molar-refractivity contribution in [1.82, 2.24) is 20.9 Å². The van der Waals surface area contributed by atoms with E-state index in [1.54, 1.807) is 6.20 Å². The number of para-hydroxylation sites is 1. The standard InChI is InChI=1S/C27H41N5O5S/c1-6-16(4)23(32-25(34)22(28)15(2)3)26(35)31-21(24(33)30-20(27(36)37)11-12-38-5)13-17-14-29-19-10-8-7-9-18(17)19/h7-10,14-16,20-23,29H,6,11-13,28H2,1-5H3,(H,30,33)(H,31,35)(H,32,34)(H,36,37). The summed E-state index contributed by atoms with van der Waals surface area (Å²) < 4.78 is 0. The summed E-state index contributed by atoms with van der Waals surface area (Å²) in [5, 5.41) is 18.7. The second kappa shape index (κ2) is 14.8. The SMILES string of the molecule is CCC(C)C(NC(=O)C(N)C(C)C)C(=O)NC(Cc1c[nH]c2ccccc12)C(=O)NC(CCSC)C(=O)O. The third kappa shape index (κ3) is 8.49. The van der Waals surface area contributed by atoms with Gasteiger partial charge >= 0.3 is 5.97 Å². The van der Waals surface area contributed by atoms with E-state index in [0.29, 0.717) is 12.2 Å². The topological polar surface area (TPSA) is 166 Å². The Labute approximate surface area is 228 Å². The first-order valence-corrected chi connectivity index (χ1v) is 14.3. The zero-order chi connectivity index (χ0) is 28.4. The second-order valence-electron chi connectivity index (χ2n) is 9.95. The Morgan fingerprint density at radius 1 is 1.00 bits per heavy atom. The summed E-state index contributed by atoms with van der Waals surface area (Å²) in [6.07, 6.45) is 4.60. The number of carbonyl (C=O) groups is 4. The van der Waals surface area contributed by atoms with Gasteiger partial charge in [0.25, 0.3) is 0 Å². The molecule has 0 saturated carbocycles. The number of benzene rings is 1. The fourth-order valence-corrected chi connectivity index (χ4v) is 4.48. The Hall–Kier alpha value is -3.05. The minimum Gasteiger partial charge on any atom is -0.480 e. The van der Waals surface area contributed by atoms with Crippen molar-refractivity contribution >= 4 is 46.4 Å². The van der Waals surface area contributed by atoms with Gasteiger partial charge in [0.15, 0.2) is 0 Å². The van der Waals surface area contributed by atoms with Gasteiger partial charge in [-0.15, -0.1) is 0 Å². The van der Waals surface area contributed by atoms with E-state index in [2.05, 4.69) is 20.9 Å². The predicted molar refractivity (Wildman–Crippen MR) is 151 cm³/mol. The molecule has 0 radical (unpaired) electrons. The number of hydrogen-bond acceptors (Lipinski definition) is 6. The van der Waals surface area contributed by atoms with Crippen LogP contribution in [0, 0.1) is 11.8 Å². The summed E-state index contributed by atoms with van der Waals surface area (Å²) in [5.41, 5.74) is 7.67. The van der Waals surface area contributed by atoms with E-state index in [9.17, 15) is 24.3 Å². The number of nitrogens with one attached hydrogen (secondary N) is 4. The monoisotopic (exact) mass is 547 g/mol. The van der Waals surface area contributed by atoms with Crippen LogP contribution < -0.4 is 21.7 Å². The maximum Gasteiger partial charge on any atom is 0.326 e. The number of nitrogens with two attached hydrogens (primary N) is 1. The van der Waals surface area contributed by atoms with Crippen molar-refractivity contribution in [3.05, 3.63) is 36.0 Å². The number of carboxylic acid groups (broad SMARTS) is 1. The lowest BCUT2D eigenvalue weighted by molar-refractivity contribution is -0.142. The highest BCUT2D eigenvalue weighted by Gasteiger charge is 2.33. The molecule has 10 nitrogen and oxygen atoms in total. The zero-order valence-electron chi connectivity index (χ0n) is 22.7. The van der Waals surface area contributed by atoms with Crippen molar-refractivity contribution < 1.29 is 24.3 Å². The van der Waals surface area contributed by atoms with Crippen LogP contribution in [0.25, 0.3) is 10.9 Å². The third-order valence-electron chi connectivity index (χ3n) is 6.77. The fraction of sp³-hybridized carbons (Fsp3) is 0.556. The van der Waals surface area contributed by atoms with Crippen molar-refractivity contribution in [2.75, 3.05) is 12.0 Å². The molecular weight excluding hydrogens is 506 g/mol. The summed E-state index contributed by atoms with van der Waals surface area (Å²) in [4.78, 5) is 54.5. The van der Waals surface area contributed by atoms with Gasteiger partial charge in [-0.05, 0) is 41.9 Å². The molecule has 5 unspecified atom stereocenters. The van der Waals surface area contributed by atoms with E-state index in [4.69, 9.17) is 5.73 Å². The van der Waals surface area contributed by atoms with Crippen LogP contribution in [-0.2, 0) is 25.6 Å². The molecule has 210 valence electrons. The van der Waals surface area contributed by atoms with Crippen molar-refractivity contribution in [2.24, 2.45) is 17.6 Å². The maximum atomic E-state index is 13.5. The Balaban J connectivity index is 2.34. The normalized spacial score (nSPS) is 15.3. The van der Waals surface area contributed by atoms with Crippen LogP contribution in [0.3, 0.4) is 0 Å². The van der Waals surface area contributed by atoms with E-state index in [-0.39, 0.29) is 24.7 Å². The lowest BCUT2D eigenvalue weighted by atomic mass is 9.96. The van der Waals surface area contributed by atoms with Gasteiger partial charge in [-0.2, -0.15) is 11.8 Å². The number of aromatic amines is 1. The first-order valence-electron chi connectivity index (χ1n) is 12.9. The van der Waals surface area contributed by atoms with Crippen molar-refractivity contribution in [3.63, 3.8) is 0 Å². The van der Waals surface area contributed by atoms with Gasteiger partial charge in [0.2, 0.25) is 17.7 Å². The second-order valence-corrected chi connectivity index (χ2v) is 10.9. The van der Waals surface area contributed by atoms with Gasteiger partial charge < -0.3 is 31.8 Å². The highest BCUT2D eigenvalue weighted by Crippen LogP contribution is 2.20. The smallest absolute Gasteiger partial charge is 0.326 e. The van der Waals surface area contributed by atoms with Crippen LogP contribution in [0.2, 0.25) is 0 Å². The summed E-state index contributed by atoms with van der Waals surface area (Å²) in [6, 6.07) is 3.72. The molecule has 0 aliphatic rings. The molecule has 1 aromatic heterocycles. The van der Waals surface area contributed by atoms with Crippen LogP contribution in [0.5, 0.6) is 0 Å². The number of hydrogen-bond donors (Lipinski definition) is 6. The molecule has 0 fully saturated rings. The molecular formula is C27H41N5O5S. The van der Waals surface area contributed by atoms with E-state index in [1.807, 2.05) is 58.2 Å². The van der Waals surface area contributed by atoms with E-state index in [0.717, 1.165) is 16.5 Å². The molecule has 0 bridgehead atoms. The van der Waals surface area contributed by atoms with Gasteiger partial charge in [0.1, 0.15) is 18.1 Å². The van der Waals surface area contributed by atoms with E-state index < -0.39 is 47.9 Å². The number of carboxylic acids is 1. The van der Waals surface area contributed by atoms with Crippen molar-refractivity contribution in [3.8, 4) is 0 Å². The molecule has 3 amide bonds. The van der Waals surface area contributed by atoms with Gasteiger partial charge in [-0.1, -0.05) is 52.3 Å². The number of aliphatic carboxylic acids is 1. The Bertz CT molecular complexity index is 1100. The van der Waals surface area contributed by atoms with Gasteiger partial charge in [0.05, 0.1) is 6.04 Å². The molecule has 5 atom stereocenters. The number of carbonyl (C=O) groups excluding carboxylic acids is 3. The van der Waals surface area contributed by atoms with Crippen LogP contribution in [0.4, 0.5) is 0 Å². The minimum absolute atomic E-state index is 0.120. The van der Waals surface area contributed by atoms with Crippen molar-refractivity contribution in [2.45, 2.75) is 71.1 Å². The Morgan fingerprint density at radius 2 is 1.66 bits per heavy atom. The minimum atomic E-state index is -1.14. The summed E-state index contributed by atoms with van der Waals surface area (Å²) in [7, 11) is 0. The first-order chi connectivity index (χ1) is 18.0. The molecule has 38 heavy (non-hydrogen) atoms. The molecule has 2 aromatic rings. The number of aromatic nitrogens is 1. The number of rotatable bonds is 15. The lowest BCUT2D eigenvalue weighted by Gasteiger charge is -2.28. The fourth-order valence-electron chi connectivity index (χ4n) is 4.01. The maximum absolute atomic E-state index is 13.5. The van der Waals surface area contributed by atoms with Crippen molar-refractivity contribution in [1.29, 1.82) is 0 Å². The van der Waals surface area contributed by atoms with Gasteiger partial charge in [-0.3, -0.25) is 14.4 Å². The predicted octanol–water partition coefficient (Wildman–Crippen LogP) is 2.03. The average Bonchev–Trinajstić information content (AvgIpc) is 3.30. The summed E-state index contributed by atoms with van der Waals surface area (Å²) >= 11 is 1.48. The number of amides is 3. The quantitative estimate of drug-likeness (QED) is 0.198. The third-order valence-corrected chi connectivity index (χ3v) is 7.42. The number of fused-ring (bicyclic) bond motifs is 1. The summed E-state index contributed by atoms with van der Waals surface area (Å²) in [6.45, 7) is 7.38. The van der Waals surface area contributed by atoms with Crippen LogP contribution in [0.15, 0.2) is 30.5 Å². The highest BCUT2D eigenvalue weighted by molar-refractivity contribution is 7.98. The molecule has 0 spiro atoms. The Kier molecular flexibility index (Phi) is 12.1. The molecule has 0 aliphatic carbocycles. The Morgan fingerprint density at radius 3 is 2.26 bits per heavy atom. The molecule has 0 saturated heterocycles. The number of thioether (sulfide) groups is 1. The van der Waals surface area contributed by atoms with Gasteiger partial charge in [0, 0.05) is 23.5 Å². The highest BCUT2D eigenvalue weighted by atomic mass is 32.2. The summed E-state index contributed by atoms with van der Waals surface area (Å²) in [5.74, 6) is -2.52. The largest absolute Gasteiger partial charge is 0.480 e.